The molecule has 2 aromatic rings. The van der Waals surface area contributed by atoms with Gasteiger partial charge in [-0.1, -0.05) is 25.1 Å². The number of aryl methyl sites for hydroxylation is 1. The molecule has 4 nitrogen and oxygen atoms in total. The summed E-state index contributed by atoms with van der Waals surface area (Å²) in [6.45, 7) is 5.41. The summed E-state index contributed by atoms with van der Waals surface area (Å²) >= 11 is 1.66. The Kier molecular flexibility index (Phi) is 4.99. The Morgan fingerprint density at radius 3 is 2.84 bits per heavy atom. The third-order valence-electron chi connectivity index (χ3n) is 2.96. The molecular formula is C14H20N4S. The molecule has 0 aliphatic rings. The van der Waals surface area contributed by atoms with Crippen LogP contribution in [-0.2, 0) is 7.05 Å². The number of aromatic nitrogens is 3. The van der Waals surface area contributed by atoms with E-state index in [4.69, 9.17) is 0 Å². The number of rotatable bonds is 6. The standard InChI is InChI=1S/C14H20N4S/c1-4-9-15-11(2)12-7-5-6-8-13(12)19-14-16-10-17-18(14)3/h5-8,10-11,15H,4,9H2,1-3H3. The Hall–Kier alpha value is -1.33. The lowest BCUT2D eigenvalue weighted by Crippen LogP contribution is -2.19. The Morgan fingerprint density at radius 1 is 1.37 bits per heavy atom. The lowest BCUT2D eigenvalue weighted by atomic mass is 10.1. The number of nitrogens with zero attached hydrogens (tertiary/aromatic N) is 3. The van der Waals surface area contributed by atoms with Gasteiger partial charge in [-0.3, -0.25) is 0 Å². The van der Waals surface area contributed by atoms with Crippen molar-refractivity contribution < 1.29 is 0 Å². The van der Waals surface area contributed by atoms with Crippen molar-refractivity contribution in [3.8, 4) is 0 Å². The zero-order chi connectivity index (χ0) is 13.7. The maximum Gasteiger partial charge on any atom is 0.190 e. The van der Waals surface area contributed by atoms with E-state index in [0.29, 0.717) is 6.04 Å². The van der Waals surface area contributed by atoms with Crippen molar-refractivity contribution in [3.63, 3.8) is 0 Å². The molecule has 1 heterocycles. The Bertz CT molecular complexity index is 524. The van der Waals surface area contributed by atoms with Crippen molar-refractivity contribution >= 4 is 11.8 Å². The molecule has 0 aliphatic heterocycles. The average Bonchev–Trinajstić information content (AvgIpc) is 2.82. The molecule has 1 unspecified atom stereocenters. The molecule has 102 valence electrons. The average molecular weight is 276 g/mol. The van der Waals surface area contributed by atoms with Crippen LogP contribution in [0.1, 0.15) is 31.9 Å². The van der Waals surface area contributed by atoms with Crippen LogP contribution in [0, 0.1) is 0 Å². The van der Waals surface area contributed by atoms with Gasteiger partial charge in [-0.2, -0.15) is 5.10 Å². The Morgan fingerprint density at radius 2 is 2.16 bits per heavy atom. The van der Waals surface area contributed by atoms with Gasteiger partial charge in [0.25, 0.3) is 0 Å². The molecule has 1 aromatic carbocycles. The summed E-state index contributed by atoms with van der Waals surface area (Å²) < 4.78 is 1.80. The van der Waals surface area contributed by atoms with Crippen LogP contribution in [-0.4, -0.2) is 21.3 Å². The zero-order valence-electron chi connectivity index (χ0n) is 11.6. The lowest BCUT2D eigenvalue weighted by molar-refractivity contribution is 0.563. The van der Waals surface area contributed by atoms with Crippen molar-refractivity contribution in [1.82, 2.24) is 20.1 Å². The molecule has 0 saturated carbocycles. The van der Waals surface area contributed by atoms with Gasteiger partial charge in [-0.15, -0.1) is 0 Å². The molecular weight excluding hydrogens is 256 g/mol. The summed E-state index contributed by atoms with van der Waals surface area (Å²) in [6, 6.07) is 8.80. The third kappa shape index (κ3) is 3.58. The van der Waals surface area contributed by atoms with Crippen LogP contribution in [0.3, 0.4) is 0 Å². The van der Waals surface area contributed by atoms with Crippen molar-refractivity contribution in [3.05, 3.63) is 36.2 Å². The topological polar surface area (TPSA) is 42.7 Å². The highest BCUT2D eigenvalue weighted by Gasteiger charge is 2.12. The molecule has 0 bridgehead atoms. The van der Waals surface area contributed by atoms with Gasteiger partial charge in [0.05, 0.1) is 0 Å². The minimum atomic E-state index is 0.344. The highest BCUT2D eigenvalue weighted by molar-refractivity contribution is 7.99. The molecule has 19 heavy (non-hydrogen) atoms. The fourth-order valence-corrected chi connectivity index (χ4v) is 2.86. The van der Waals surface area contributed by atoms with Crippen LogP contribution in [0.2, 0.25) is 0 Å². The molecule has 1 atom stereocenters. The van der Waals surface area contributed by atoms with E-state index >= 15 is 0 Å². The van der Waals surface area contributed by atoms with Crippen LogP contribution in [0.25, 0.3) is 0 Å². The first-order valence-corrected chi connectivity index (χ1v) is 7.38. The first kappa shape index (κ1) is 14.1. The molecule has 1 aromatic heterocycles. The van der Waals surface area contributed by atoms with E-state index in [1.807, 2.05) is 7.05 Å². The molecule has 0 aliphatic carbocycles. The van der Waals surface area contributed by atoms with Gasteiger partial charge in [0.15, 0.2) is 5.16 Å². The second-order valence-corrected chi connectivity index (χ2v) is 5.49. The van der Waals surface area contributed by atoms with Crippen LogP contribution in [0.5, 0.6) is 0 Å². The Labute approximate surface area is 118 Å². The molecule has 5 heteroatoms. The van der Waals surface area contributed by atoms with E-state index < -0.39 is 0 Å². The molecule has 0 amide bonds. The minimum Gasteiger partial charge on any atom is -0.310 e. The van der Waals surface area contributed by atoms with Gasteiger partial charge in [-0.05, 0) is 43.3 Å². The minimum absolute atomic E-state index is 0.344. The number of hydrogen-bond acceptors (Lipinski definition) is 4. The summed E-state index contributed by atoms with van der Waals surface area (Å²) in [7, 11) is 1.91. The third-order valence-corrected chi connectivity index (χ3v) is 4.10. The monoisotopic (exact) mass is 276 g/mol. The first-order valence-electron chi connectivity index (χ1n) is 6.56. The second kappa shape index (κ2) is 6.73. The summed E-state index contributed by atoms with van der Waals surface area (Å²) in [4.78, 5) is 5.50. The smallest absolute Gasteiger partial charge is 0.190 e. The molecule has 2 rings (SSSR count). The fourth-order valence-electron chi connectivity index (χ4n) is 1.88. The van der Waals surface area contributed by atoms with Gasteiger partial charge in [-0.25, -0.2) is 9.67 Å². The van der Waals surface area contributed by atoms with Gasteiger partial charge >= 0.3 is 0 Å². The van der Waals surface area contributed by atoms with Crippen LogP contribution in [0.4, 0.5) is 0 Å². The number of benzene rings is 1. The van der Waals surface area contributed by atoms with E-state index in [1.54, 1.807) is 22.8 Å². The second-order valence-electron chi connectivity index (χ2n) is 4.48. The van der Waals surface area contributed by atoms with Crippen molar-refractivity contribution in [2.75, 3.05) is 6.54 Å². The highest BCUT2D eigenvalue weighted by atomic mass is 32.2. The molecule has 0 fully saturated rings. The quantitative estimate of drug-likeness (QED) is 0.880. The van der Waals surface area contributed by atoms with E-state index in [2.05, 4.69) is 53.5 Å². The maximum atomic E-state index is 4.27. The first-order chi connectivity index (χ1) is 9.22. The van der Waals surface area contributed by atoms with E-state index in [0.717, 1.165) is 18.1 Å². The fraction of sp³-hybridized carbons (Fsp3) is 0.429. The number of hydrogen-bond donors (Lipinski definition) is 1. The summed E-state index contributed by atoms with van der Waals surface area (Å²) in [6.07, 6.45) is 2.73. The van der Waals surface area contributed by atoms with Crippen LogP contribution in [0.15, 0.2) is 40.6 Å². The summed E-state index contributed by atoms with van der Waals surface area (Å²) in [5.41, 5.74) is 1.31. The predicted octanol–water partition coefficient (Wildman–Crippen LogP) is 3.03. The highest BCUT2D eigenvalue weighted by Crippen LogP contribution is 2.31. The lowest BCUT2D eigenvalue weighted by Gasteiger charge is -2.17. The van der Waals surface area contributed by atoms with E-state index in [-0.39, 0.29) is 0 Å². The summed E-state index contributed by atoms with van der Waals surface area (Å²) in [5, 5.41) is 8.55. The van der Waals surface area contributed by atoms with Gasteiger partial charge in [0, 0.05) is 18.0 Å². The van der Waals surface area contributed by atoms with Gasteiger partial charge in [0.1, 0.15) is 6.33 Å². The number of nitrogens with one attached hydrogen (secondary N) is 1. The SMILES string of the molecule is CCCNC(C)c1ccccc1Sc1ncnn1C. The predicted molar refractivity (Wildman–Crippen MR) is 78.3 cm³/mol. The Balaban J connectivity index is 2.18. The van der Waals surface area contributed by atoms with Crippen molar-refractivity contribution in [2.45, 2.75) is 36.4 Å². The van der Waals surface area contributed by atoms with Crippen molar-refractivity contribution in [2.24, 2.45) is 7.05 Å². The molecule has 0 saturated heterocycles. The maximum absolute atomic E-state index is 4.27. The zero-order valence-corrected chi connectivity index (χ0v) is 12.4. The van der Waals surface area contributed by atoms with Crippen molar-refractivity contribution in [1.29, 1.82) is 0 Å². The van der Waals surface area contributed by atoms with E-state index in [9.17, 15) is 0 Å². The largest absolute Gasteiger partial charge is 0.310 e. The van der Waals surface area contributed by atoms with Gasteiger partial charge in [0.2, 0.25) is 0 Å². The van der Waals surface area contributed by atoms with Crippen LogP contribution < -0.4 is 5.32 Å². The molecule has 0 spiro atoms. The molecule has 0 radical (unpaired) electrons. The molecule has 1 N–H and O–H groups in total. The van der Waals surface area contributed by atoms with E-state index in [1.165, 1.54) is 10.5 Å². The van der Waals surface area contributed by atoms with Gasteiger partial charge < -0.3 is 5.32 Å². The van der Waals surface area contributed by atoms with Crippen LogP contribution >= 0.6 is 11.8 Å². The summed E-state index contributed by atoms with van der Waals surface area (Å²) in [5.74, 6) is 0. The normalized spacial score (nSPS) is 12.6.